The normalized spacial score (nSPS) is 9.62. The molecule has 2 nitrogen and oxygen atoms in total. The number of benzene rings is 1. The molecule has 2 aromatic rings. The lowest BCUT2D eigenvalue weighted by molar-refractivity contribution is 1.04. The van der Waals surface area contributed by atoms with E-state index in [4.69, 9.17) is 5.73 Å². The van der Waals surface area contributed by atoms with Gasteiger partial charge in [-0.1, -0.05) is 30.3 Å². The number of pyridine rings is 1. The molecule has 1 aromatic carbocycles. The predicted octanol–water partition coefficient (Wildman–Crippen LogP) is 2.94. The van der Waals surface area contributed by atoms with Gasteiger partial charge in [0.25, 0.3) is 0 Å². The topological polar surface area (TPSA) is 38.9 Å². The van der Waals surface area contributed by atoms with Gasteiger partial charge in [-0.3, -0.25) is 4.98 Å². The van der Waals surface area contributed by atoms with E-state index < -0.39 is 0 Å². The minimum atomic E-state index is 0. The first-order chi connectivity index (χ1) is 7.31. The van der Waals surface area contributed by atoms with Crippen molar-refractivity contribution in [2.75, 3.05) is 0 Å². The summed E-state index contributed by atoms with van der Waals surface area (Å²) in [7, 11) is 0. The van der Waals surface area contributed by atoms with Gasteiger partial charge < -0.3 is 5.73 Å². The van der Waals surface area contributed by atoms with Crippen molar-refractivity contribution in [3.05, 3.63) is 53.9 Å². The van der Waals surface area contributed by atoms with Crippen molar-refractivity contribution in [1.82, 2.24) is 4.98 Å². The Morgan fingerprint density at radius 3 is 2.50 bits per heavy atom. The highest BCUT2D eigenvalue weighted by atomic mass is 35.5. The largest absolute Gasteiger partial charge is 0.326 e. The van der Waals surface area contributed by atoms with Crippen molar-refractivity contribution in [1.29, 1.82) is 0 Å². The van der Waals surface area contributed by atoms with Gasteiger partial charge in [-0.15, -0.1) is 12.4 Å². The van der Waals surface area contributed by atoms with Gasteiger partial charge in [0.05, 0.1) is 0 Å². The van der Waals surface area contributed by atoms with Crippen LogP contribution in [-0.2, 0) is 6.54 Å². The maximum Gasteiger partial charge on any atom is 0.0379 e. The van der Waals surface area contributed by atoms with E-state index >= 15 is 0 Å². The first-order valence-electron chi connectivity index (χ1n) is 5.02. The Morgan fingerprint density at radius 1 is 1.19 bits per heavy atom. The third kappa shape index (κ3) is 2.60. The highest BCUT2D eigenvalue weighted by Gasteiger charge is 2.03. The summed E-state index contributed by atoms with van der Waals surface area (Å²) in [6.45, 7) is 2.52. The Balaban J connectivity index is 0.00000128. The van der Waals surface area contributed by atoms with Crippen LogP contribution in [0.2, 0.25) is 0 Å². The van der Waals surface area contributed by atoms with Gasteiger partial charge in [-0.25, -0.2) is 0 Å². The minimum absolute atomic E-state index is 0. The second-order valence-electron chi connectivity index (χ2n) is 3.55. The zero-order valence-electron chi connectivity index (χ0n) is 9.18. The van der Waals surface area contributed by atoms with E-state index in [2.05, 4.69) is 23.2 Å². The van der Waals surface area contributed by atoms with Gasteiger partial charge >= 0.3 is 0 Å². The molecule has 1 heterocycles. The van der Waals surface area contributed by atoms with Crippen molar-refractivity contribution < 1.29 is 0 Å². The number of hydrogen-bond acceptors (Lipinski definition) is 2. The predicted molar refractivity (Wildman–Crippen MR) is 69.5 cm³/mol. The molecule has 0 bridgehead atoms. The van der Waals surface area contributed by atoms with Crippen LogP contribution in [0.1, 0.15) is 11.3 Å². The molecule has 84 valence electrons. The van der Waals surface area contributed by atoms with Crippen LogP contribution >= 0.6 is 12.4 Å². The Hall–Kier alpha value is -1.38. The summed E-state index contributed by atoms with van der Waals surface area (Å²) in [6, 6.07) is 12.3. The molecule has 0 fully saturated rings. The quantitative estimate of drug-likeness (QED) is 0.868. The molecule has 0 saturated carbocycles. The SMILES string of the molecule is Cc1cc(-c2ccccc2)c(CN)cn1.Cl. The maximum atomic E-state index is 5.70. The molecule has 0 aliphatic rings. The molecule has 0 aliphatic heterocycles. The van der Waals surface area contributed by atoms with Crippen molar-refractivity contribution in [2.24, 2.45) is 5.73 Å². The molecule has 2 N–H and O–H groups in total. The molecule has 3 heteroatoms. The molecule has 0 saturated heterocycles. The summed E-state index contributed by atoms with van der Waals surface area (Å²) >= 11 is 0. The number of nitrogens with two attached hydrogens (primary N) is 1. The Morgan fingerprint density at radius 2 is 1.88 bits per heavy atom. The third-order valence-corrected chi connectivity index (χ3v) is 2.43. The molecule has 0 unspecified atom stereocenters. The lowest BCUT2D eigenvalue weighted by Gasteiger charge is -2.08. The van der Waals surface area contributed by atoms with Crippen LogP contribution in [0.25, 0.3) is 11.1 Å². The summed E-state index contributed by atoms with van der Waals surface area (Å²) in [5.41, 5.74) is 10.2. The van der Waals surface area contributed by atoms with Gasteiger partial charge in [-0.2, -0.15) is 0 Å². The van der Waals surface area contributed by atoms with Gasteiger partial charge in [0.2, 0.25) is 0 Å². The third-order valence-electron chi connectivity index (χ3n) is 2.43. The Labute approximate surface area is 102 Å². The van der Waals surface area contributed by atoms with Crippen LogP contribution in [0.4, 0.5) is 0 Å². The summed E-state index contributed by atoms with van der Waals surface area (Å²) < 4.78 is 0. The van der Waals surface area contributed by atoms with E-state index in [0.717, 1.165) is 11.3 Å². The van der Waals surface area contributed by atoms with E-state index in [1.807, 2.05) is 31.3 Å². The van der Waals surface area contributed by atoms with Gasteiger partial charge in [0.15, 0.2) is 0 Å². The van der Waals surface area contributed by atoms with Crippen molar-refractivity contribution >= 4 is 12.4 Å². The maximum absolute atomic E-state index is 5.70. The molecule has 0 aliphatic carbocycles. The lowest BCUT2D eigenvalue weighted by Crippen LogP contribution is -2.00. The van der Waals surface area contributed by atoms with Gasteiger partial charge in [0.1, 0.15) is 0 Å². The second-order valence-corrected chi connectivity index (χ2v) is 3.55. The number of aromatic nitrogens is 1. The van der Waals surface area contributed by atoms with Crippen LogP contribution in [0.5, 0.6) is 0 Å². The minimum Gasteiger partial charge on any atom is -0.326 e. The van der Waals surface area contributed by atoms with Crippen molar-refractivity contribution in [3.8, 4) is 11.1 Å². The fraction of sp³-hybridized carbons (Fsp3) is 0.154. The lowest BCUT2D eigenvalue weighted by atomic mass is 10.0. The van der Waals surface area contributed by atoms with Crippen molar-refractivity contribution in [2.45, 2.75) is 13.5 Å². The Bertz CT molecular complexity index is 455. The molecule has 1 aromatic heterocycles. The van der Waals surface area contributed by atoms with Crippen LogP contribution in [0, 0.1) is 6.92 Å². The first-order valence-corrected chi connectivity index (χ1v) is 5.02. The van der Waals surface area contributed by atoms with E-state index in [0.29, 0.717) is 6.54 Å². The smallest absolute Gasteiger partial charge is 0.0379 e. The monoisotopic (exact) mass is 234 g/mol. The highest BCUT2D eigenvalue weighted by Crippen LogP contribution is 2.23. The molecule has 0 radical (unpaired) electrons. The zero-order valence-corrected chi connectivity index (χ0v) is 10.00. The standard InChI is InChI=1S/C13H14N2.ClH/c1-10-7-13(12(8-14)9-15-10)11-5-3-2-4-6-11;/h2-7,9H,8,14H2,1H3;1H. The average Bonchev–Trinajstić information content (AvgIpc) is 2.30. The van der Waals surface area contributed by atoms with E-state index in [1.165, 1.54) is 11.1 Å². The summed E-state index contributed by atoms with van der Waals surface area (Å²) in [5, 5.41) is 0. The van der Waals surface area contributed by atoms with E-state index in [9.17, 15) is 0 Å². The number of rotatable bonds is 2. The molecular formula is C13H15ClN2. The van der Waals surface area contributed by atoms with Crippen molar-refractivity contribution in [3.63, 3.8) is 0 Å². The van der Waals surface area contributed by atoms with Gasteiger partial charge in [0, 0.05) is 18.4 Å². The van der Waals surface area contributed by atoms with E-state index in [1.54, 1.807) is 0 Å². The van der Waals surface area contributed by atoms with Crippen LogP contribution in [0.3, 0.4) is 0 Å². The number of nitrogens with zero attached hydrogens (tertiary/aromatic N) is 1. The molecule has 2 rings (SSSR count). The van der Waals surface area contributed by atoms with E-state index in [-0.39, 0.29) is 12.4 Å². The average molecular weight is 235 g/mol. The second kappa shape index (κ2) is 5.64. The fourth-order valence-corrected chi connectivity index (χ4v) is 1.64. The fourth-order valence-electron chi connectivity index (χ4n) is 1.64. The molecule has 0 atom stereocenters. The molecule has 16 heavy (non-hydrogen) atoms. The number of aryl methyl sites for hydroxylation is 1. The van der Waals surface area contributed by atoms with Crippen LogP contribution in [-0.4, -0.2) is 4.98 Å². The number of halogens is 1. The molecule has 0 spiro atoms. The summed E-state index contributed by atoms with van der Waals surface area (Å²) in [5.74, 6) is 0. The van der Waals surface area contributed by atoms with Crippen LogP contribution < -0.4 is 5.73 Å². The van der Waals surface area contributed by atoms with Crippen LogP contribution in [0.15, 0.2) is 42.6 Å². The first kappa shape index (κ1) is 12.7. The highest BCUT2D eigenvalue weighted by molar-refractivity contribution is 5.85. The molecular weight excluding hydrogens is 220 g/mol. The number of hydrogen-bond donors (Lipinski definition) is 1. The molecule has 0 amide bonds. The van der Waals surface area contributed by atoms with Gasteiger partial charge in [-0.05, 0) is 29.7 Å². The Kier molecular flexibility index (Phi) is 4.47. The summed E-state index contributed by atoms with van der Waals surface area (Å²) in [6.07, 6.45) is 1.86. The summed E-state index contributed by atoms with van der Waals surface area (Å²) in [4.78, 5) is 4.26. The zero-order chi connectivity index (χ0) is 10.7.